The Morgan fingerprint density at radius 3 is 2.50 bits per heavy atom. The average Bonchev–Trinajstić information content (AvgIpc) is 2.95. The molecule has 0 heterocycles. The molecule has 0 saturated heterocycles. The van der Waals surface area contributed by atoms with Crippen molar-refractivity contribution < 1.29 is 4.74 Å². The summed E-state index contributed by atoms with van der Waals surface area (Å²) < 4.78 is 5.65. The fourth-order valence-electron chi connectivity index (χ4n) is 1.78. The number of alkyl halides is 1. The van der Waals surface area contributed by atoms with Crippen LogP contribution in [0.4, 0.5) is 0 Å². The first kappa shape index (κ1) is 12.5. The molecular weight excluding hydrogens is 240 g/mol. The Morgan fingerprint density at radius 1 is 1.43 bits per heavy atom. The molecule has 0 aliphatic heterocycles. The minimum Gasteiger partial charge on any atom is -0.381 e. The summed E-state index contributed by atoms with van der Waals surface area (Å²) in [5.41, 5.74) is 0.483. The first-order valence-electron chi connectivity index (χ1n) is 5.72. The molecule has 1 nitrogen and oxygen atoms in total. The second kappa shape index (κ2) is 5.50. The zero-order chi connectivity index (χ0) is 10.6. The monoisotopic (exact) mass is 262 g/mol. The van der Waals surface area contributed by atoms with Crippen LogP contribution in [0.25, 0.3) is 0 Å². The lowest BCUT2D eigenvalue weighted by Gasteiger charge is -2.27. The molecule has 84 valence electrons. The summed E-state index contributed by atoms with van der Waals surface area (Å²) in [6.45, 7) is 8.62. The third-order valence-electron chi connectivity index (χ3n) is 3.14. The van der Waals surface area contributed by atoms with Crippen LogP contribution < -0.4 is 0 Å². The van der Waals surface area contributed by atoms with Crippen LogP contribution in [0.15, 0.2) is 0 Å². The van der Waals surface area contributed by atoms with Crippen LogP contribution in [-0.2, 0) is 4.74 Å². The van der Waals surface area contributed by atoms with E-state index in [0.29, 0.717) is 11.3 Å². The first-order chi connectivity index (χ1) is 6.58. The lowest BCUT2D eigenvalue weighted by atomic mass is 9.84. The standard InChI is InChI=1S/C12H23BrO/c1-10(2)8-14-7-6-12(3,9-13)11-4-5-11/h10-11H,4-9H2,1-3H3. The highest BCUT2D eigenvalue weighted by Crippen LogP contribution is 2.48. The van der Waals surface area contributed by atoms with Crippen molar-refractivity contribution in [1.29, 1.82) is 0 Å². The van der Waals surface area contributed by atoms with Gasteiger partial charge in [0.05, 0.1) is 0 Å². The molecule has 1 saturated carbocycles. The highest BCUT2D eigenvalue weighted by atomic mass is 79.9. The van der Waals surface area contributed by atoms with Crippen LogP contribution in [-0.4, -0.2) is 18.5 Å². The van der Waals surface area contributed by atoms with E-state index in [4.69, 9.17) is 4.74 Å². The van der Waals surface area contributed by atoms with Crippen LogP contribution >= 0.6 is 15.9 Å². The van der Waals surface area contributed by atoms with E-state index in [-0.39, 0.29) is 0 Å². The van der Waals surface area contributed by atoms with Crippen molar-refractivity contribution in [2.45, 2.75) is 40.0 Å². The zero-order valence-electron chi connectivity index (χ0n) is 9.68. The Kier molecular flexibility index (Phi) is 4.92. The van der Waals surface area contributed by atoms with Crippen molar-refractivity contribution in [3.05, 3.63) is 0 Å². The van der Waals surface area contributed by atoms with E-state index < -0.39 is 0 Å². The highest BCUT2D eigenvalue weighted by molar-refractivity contribution is 9.09. The summed E-state index contributed by atoms with van der Waals surface area (Å²) in [5, 5.41) is 1.12. The fraction of sp³-hybridized carbons (Fsp3) is 1.00. The first-order valence-corrected chi connectivity index (χ1v) is 6.84. The van der Waals surface area contributed by atoms with Crippen LogP contribution in [0, 0.1) is 17.3 Å². The lowest BCUT2D eigenvalue weighted by Crippen LogP contribution is -2.23. The Labute approximate surface area is 96.7 Å². The summed E-state index contributed by atoms with van der Waals surface area (Å²) in [6.07, 6.45) is 4.05. The Hall–Kier alpha value is 0.440. The van der Waals surface area contributed by atoms with Crippen molar-refractivity contribution in [3.63, 3.8) is 0 Å². The molecule has 0 N–H and O–H groups in total. The third-order valence-corrected chi connectivity index (χ3v) is 4.42. The van der Waals surface area contributed by atoms with E-state index in [1.807, 2.05) is 0 Å². The van der Waals surface area contributed by atoms with Gasteiger partial charge in [0.15, 0.2) is 0 Å². The Morgan fingerprint density at radius 2 is 2.07 bits per heavy atom. The van der Waals surface area contributed by atoms with Gasteiger partial charge in [-0.3, -0.25) is 0 Å². The van der Waals surface area contributed by atoms with E-state index in [2.05, 4.69) is 36.7 Å². The number of hydrogen-bond donors (Lipinski definition) is 0. The SMILES string of the molecule is CC(C)COCCC(C)(CBr)C1CC1. The van der Waals surface area contributed by atoms with Gasteiger partial charge in [0.2, 0.25) is 0 Å². The predicted molar refractivity (Wildman–Crippen MR) is 64.9 cm³/mol. The molecule has 2 heteroatoms. The molecule has 0 bridgehead atoms. The molecule has 0 radical (unpaired) electrons. The molecule has 0 aromatic rings. The van der Waals surface area contributed by atoms with E-state index in [9.17, 15) is 0 Å². The summed E-state index contributed by atoms with van der Waals surface area (Å²) in [5.74, 6) is 1.61. The van der Waals surface area contributed by atoms with E-state index in [1.165, 1.54) is 19.3 Å². The Bertz CT molecular complexity index is 166. The maximum Gasteiger partial charge on any atom is 0.0488 e. The quantitative estimate of drug-likeness (QED) is 0.500. The van der Waals surface area contributed by atoms with E-state index in [0.717, 1.165) is 24.5 Å². The van der Waals surface area contributed by atoms with Crippen LogP contribution in [0.5, 0.6) is 0 Å². The van der Waals surface area contributed by atoms with Gasteiger partial charge in [-0.25, -0.2) is 0 Å². The molecule has 1 unspecified atom stereocenters. The average molecular weight is 263 g/mol. The maximum atomic E-state index is 5.65. The normalized spacial score (nSPS) is 21.2. The van der Waals surface area contributed by atoms with Crippen LogP contribution in [0.3, 0.4) is 0 Å². The van der Waals surface area contributed by atoms with Gasteiger partial charge in [-0.2, -0.15) is 0 Å². The molecule has 1 fully saturated rings. The minimum absolute atomic E-state index is 0.483. The molecule has 1 rings (SSSR count). The number of hydrogen-bond acceptors (Lipinski definition) is 1. The van der Waals surface area contributed by atoms with Gasteiger partial charge < -0.3 is 4.74 Å². The van der Waals surface area contributed by atoms with Crippen molar-refractivity contribution in [2.24, 2.45) is 17.3 Å². The fourth-order valence-corrected chi connectivity index (χ4v) is 2.52. The van der Waals surface area contributed by atoms with Crippen LogP contribution in [0.2, 0.25) is 0 Å². The van der Waals surface area contributed by atoms with Gasteiger partial charge in [-0.05, 0) is 36.5 Å². The predicted octanol–water partition coefficient (Wildman–Crippen LogP) is 3.86. The second-order valence-electron chi connectivity index (χ2n) is 5.28. The smallest absolute Gasteiger partial charge is 0.0488 e. The van der Waals surface area contributed by atoms with Gasteiger partial charge >= 0.3 is 0 Å². The second-order valence-corrected chi connectivity index (χ2v) is 5.84. The van der Waals surface area contributed by atoms with Gasteiger partial charge in [-0.1, -0.05) is 36.7 Å². The summed E-state index contributed by atoms with van der Waals surface area (Å²) in [4.78, 5) is 0. The largest absolute Gasteiger partial charge is 0.381 e. The molecule has 1 aliphatic carbocycles. The molecule has 0 spiro atoms. The summed E-state index contributed by atoms with van der Waals surface area (Å²) in [7, 11) is 0. The van der Waals surface area contributed by atoms with E-state index >= 15 is 0 Å². The van der Waals surface area contributed by atoms with Crippen molar-refractivity contribution in [3.8, 4) is 0 Å². The van der Waals surface area contributed by atoms with Gasteiger partial charge in [0, 0.05) is 18.5 Å². The lowest BCUT2D eigenvalue weighted by molar-refractivity contribution is 0.0808. The molecule has 14 heavy (non-hydrogen) atoms. The zero-order valence-corrected chi connectivity index (χ0v) is 11.3. The van der Waals surface area contributed by atoms with Crippen LogP contribution in [0.1, 0.15) is 40.0 Å². The molecule has 0 aromatic heterocycles. The molecule has 0 aromatic carbocycles. The third kappa shape index (κ3) is 3.90. The number of halogens is 1. The molecule has 1 atom stereocenters. The highest BCUT2D eigenvalue weighted by Gasteiger charge is 2.40. The Balaban J connectivity index is 2.14. The molecular formula is C12H23BrO. The van der Waals surface area contributed by atoms with Crippen molar-refractivity contribution >= 4 is 15.9 Å². The van der Waals surface area contributed by atoms with Gasteiger partial charge in [-0.15, -0.1) is 0 Å². The van der Waals surface area contributed by atoms with Gasteiger partial charge in [0.25, 0.3) is 0 Å². The molecule has 1 aliphatic rings. The summed E-state index contributed by atoms with van der Waals surface area (Å²) >= 11 is 3.64. The number of ether oxygens (including phenoxy) is 1. The minimum atomic E-state index is 0.483. The number of rotatable bonds is 7. The maximum absolute atomic E-state index is 5.65. The van der Waals surface area contributed by atoms with Crippen molar-refractivity contribution in [1.82, 2.24) is 0 Å². The van der Waals surface area contributed by atoms with E-state index in [1.54, 1.807) is 0 Å². The van der Waals surface area contributed by atoms with Crippen molar-refractivity contribution in [2.75, 3.05) is 18.5 Å². The summed E-state index contributed by atoms with van der Waals surface area (Å²) in [6, 6.07) is 0. The van der Waals surface area contributed by atoms with Gasteiger partial charge in [0.1, 0.15) is 0 Å². The molecule has 0 amide bonds. The topological polar surface area (TPSA) is 9.23 Å².